The van der Waals surface area contributed by atoms with Crippen molar-refractivity contribution in [3.8, 4) is 0 Å². The van der Waals surface area contributed by atoms with Crippen molar-refractivity contribution in [3.05, 3.63) is 28.8 Å². The fourth-order valence-corrected chi connectivity index (χ4v) is 1.11. The number of pyridine rings is 1. The van der Waals surface area contributed by atoms with E-state index >= 15 is 0 Å². The van der Waals surface area contributed by atoms with Crippen LogP contribution in [0.4, 0.5) is 4.39 Å². The number of hydrogen-bond donors (Lipinski definition) is 2. The zero-order valence-electron chi connectivity index (χ0n) is 8.00. The van der Waals surface area contributed by atoms with Gasteiger partial charge in [0.05, 0.1) is 17.9 Å². The van der Waals surface area contributed by atoms with Gasteiger partial charge in [0.15, 0.2) is 0 Å². The van der Waals surface area contributed by atoms with E-state index in [-0.39, 0.29) is 17.3 Å². The molecular weight excluding hydrogens is 223 g/mol. The predicted molar refractivity (Wildman–Crippen MR) is 53.2 cm³/mol. The van der Waals surface area contributed by atoms with Crippen LogP contribution in [-0.4, -0.2) is 28.6 Å². The van der Waals surface area contributed by atoms with Crippen LogP contribution >= 0.6 is 11.6 Å². The first kappa shape index (κ1) is 11.9. The van der Waals surface area contributed by atoms with Crippen LogP contribution < -0.4 is 5.32 Å². The van der Waals surface area contributed by atoms with Gasteiger partial charge in [-0.3, -0.25) is 4.79 Å². The zero-order valence-corrected chi connectivity index (χ0v) is 8.75. The number of amides is 1. The summed E-state index contributed by atoms with van der Waals surface area (Å²) in [4.78, 5) is 14.9. The highest BCUT2D eigenvalue weighted by molar-refractivity contribution is 6.32. The predicted octanol–water partition coefficient (Wildman–Crippen LogP) is 0.985. The molecule has 15 heavy (non-hydrogen) atoms. The maximum Gasteiger partial charge on any atom is 0.254 e. The molecule has 1 aromatic rings. The van der Waals surface area contributed by atoms with E-state index in [9.17, 15) is 9.18 Å². The van der Waals surface area contributed by atoms with Crippen LogP contribution in [0.25, 0.3) is 0 Å². The van der Waals surface area contributed by atoms with Crippen molar-refractivity contribution in [1.29, 1.82) is 0 Å². The molecule has 0 aliphatic carbocycles. The average molecular weight is 233 g/mol. The lowest BCUT2D eigenvalue weighted by molar-refractivity contribution is 0.0923. The third kappa shape index (κ3) is 3.45. The highest BCUT2D eigenvalue weighted by Gasteiger charge is 2.12. The van der Waals surface area contributed by atoms with Gasteiger partial charge in [0.2, 0.25) is 0 Å². The lowest BCUT2D eigenvalue weighted by Crippen LogP contribution is -2.30. The molecule has 0 spiro atoms. The van der Waals surface area contributed by atoms with Crippen molar-refractivity contribution in [3.63, 3.8) is 0 Å². The van der Waals surface area contributed by atoms with Gasteiger partial charge < -0.3 is 10.4 Å². The number of carbonyl (C=O) groups excluding carboxylic acids is 1. The van der Waals surface area contributed by atoms with Gasteiger partial charge in [0.25, 0.3) is 5.91 Å². The van der Waals surface area contributed by atoms with Crippen LogP contribution in [0.2, 0.25) is 5.15 Å². The molecule has 82 valence electrons. The fraction of sp³-hybridized carbons (Fsp3) is 0.333. The molecule has 0 bridgehead atoms. The van der Waals surface area contributed by atoms with E-state index in [2.05, 4.69) is 10.3 Å². The van der Waals surface area contributed by atoms with Crippen LogP contribution in [0.3, 0.4) is 0 Å². The van der Waals surface area contributed by atoms with Gasteiger partial charge in [0.1, 0.15) is 11.0 Å². The lowest BCUT2D eigenvalue weighted by Gasteiger charge is -2.07. The number of nitrogens with one attached hydrogen (secondary N) is 1. The lowest BCUT2D eigenvalue weighted by atomic mass is 10.2. The van der Waals surface area contributed by atoms with Crippen molar-refractivity contribution in [2.45, 2.75) is 13.0 Å². The summed E-state index contributed by atoms with van der Waals surface area (Å²) in [5.74, 6) is -1.20. The summed E-state index contributed by atoms with van der Waals surface area (Å²) in [6.45, 7) is 1.59. The molecule has 6 heteroatoms. The second-order valence-electron chi connectivity index (χ2n) is 3.05. The number of nitrogens with zero attached hydrogens (tertiary/aromatic N) is 1. The van der Waals surface area contributed by atoms with Gasteiger partial charge in [-0.1, -0.05) is 11.6 Å². The summed E-state index contributed by atoms with van der Waals surface area (Å²) < 4.78 is 12.8. The topological polar surface area (TPSA) is 62.2 Å². The molecule has 1 aromatic heterocycles. The molecule has 1 rings (SSSR count). The molecule has 0 aliphatic rings. The van der Waals surface area contributed by atoms with Crippen molar-refractivity contribution < 1.29 is 14.3 Å². The summed E-state index contributed by atoms with van der Waals surface area (Å²) in [7, 11) is 0. The Labute approximate surface area is 91.1 Å². The second kappa shape index (κ2) is 5.04. The molecule has 0 radical (unpaired) electrons. The van der Waals surface area contributed by atoms with Gasteiger partial charge in [-0.2, -0.15) is 0 Å². The number of halogens is 2. The van der Waals surface area contributed by atoms with E-state index in [4.69, 9.17) is 16.7 Å². The molecule has 2 N–H and O–H groups in total. The first-order valence-electron chi connectivity index (χ1n) is 4.28. The minimum Gasteiger partial charge on any atom is -0.392 e. The molecule has 0 saturated heterocycles. The Morgan fingerprint density at radius 3 is 3.07 bits per heavy atom. The SMILES string of the molecule is CC(O)CNC(=O)c1cc(F)cnc1Cl. The van der Waals surface area contributed by atoms with E-state index in [0.29, 0.717) is 0 Å². The molecule has 1 unspecified atom stereocenters. The second-order valence-corrected chi connectivity index (χ2v) is 3.41. The van der Waals surface area contributed by atoms with Crippen LogP contribution in [0.1, 0.15) is 17.3 Å². The van der Waals surface area contributed by atoms with Crippen LogP contribution in [-0.2, 0) is 0 Å². The minimum absolute atomic E-state index is 0.0442. The highest BCUT2D eigenvalue weighted by Crippen LogP contribution is 2.13. The first-order chi connectivity index (χ1) is 7.00. The van der Waals surface area contributed by atoms with Crippen LogP contribution in [0.5, 0.6) is 0 Å². The number of rotatable bonds is 3. The number of aromatic nitrogens is 1. The minimum atomic E-state index is -0.672. The molecule has 1 atom stereocenters. The molecule has 4 nitrogen and oxygen atoms in total. The Kier molecular flexibility index (Phi) is 3.99. The molecular formula is C9H10ClFN2O2. The standard InChI is InChI=1S/C9H10ClFN2O2/c1-5(14)3-13-9(15)7-2-6(11)4-12-8(7)10/h2,4-5,14H,3H2,1H3,(H,13,15). The van der Waals surface area contributed by atoms with Gasteiger partial charge in [-0.25, -0.2) is 9.37 Å². The molecule has 0 fully saturated rings. The van der Waals surface area contributed by atoms with E-state index < -0.39 is 17.8 Å². The van der Waals surface area contributed by atoms with Gasteiger partial charge in [0, 0.05) is 6.54 Å². The smallest absolute Gasteiger partial charge is 0.254 e. The molecule has 1 heterocycles. The average Bonchev–Trinajstić information content (AvgIpc) is 2.18. The normalized spacial score (nSPS) is 12.3. The number of carbonyl (C=O) groups is 1. The Morgan fingerprint density at radius 1 is 1.80 bits per heavy atom. The van der Waals surface area contributed by atoms with E-state index in [1.165, 1.54) is 6.92 Å². The summed E-state index contributed by atoms with van der Waals surface area (Å²) >= 11 is 5.61. The maximum atomic E-state index is 12.8. The van der Waals surface area contributed by atoms with E-state index in [1.807, 2.05) is 0 Å². The zero-order chi connectivity index (χ0) is 11.4. The van der Waals surface area contributed by atoms with Crippen molar-refractivity contribution in [2.75, 3.05) is 6.54 Å². The summed E-state index contributed by atoms with van der Waals surface area (Å²) in [6.07, 6.45) is 0.252. The Balaban J connectivity index is 2.77. The largest absolute Gasteiger partial charge is 0.392 e. The fourth-order valence-electron chi connectivity index (χ4n) is 0.917. The van der Waals surface area contributed by atoms with Gasteiger partial charge in [-0.05, 0) is 13.0 Å². The third-order valence-corrected chi connectivity index (χ3v) is 1.91. The highest BCUT2D eigenvalue weighted by atomic mass is 35.5. The quantitative estimate of drug-likeness (QED) is 0.764. The molecule has 0 aliphatic heterocycles. The van der Waals surface area contributed by atoms with E-state index in [1.54, 1.807) is 0 Å². The van der Waals surface area contributed by atoms with E-state index in [0.717, 1.165) is 12.3 Å². The number of aliphatic hydroxyl groups excluding tert-OH is 1. The van der Waals surface area contributed by atoms with Crippen molar-refractivity contribution in [2.24, 2.45) is 0 Å². The molecule has 0 saturated carbocycles. The van der Waals surface area contributed by atoms with Crippen LogP contribution in [0, 0.1) is 5.82 Å². The summed E-state index contributed by atoms with van der Waals surface area (Å²) in [6, 6.07) is 0.993. The van der Waals surface area contributed by atoms with Crippen LogP contribution in [0.15, 0.2) is 12.3 Å². The monoisotopic (exact) mass is 232 g/mol. The summed E-state index contributed by atoms with van der Waals surface area (Å²) in [5, 5.41) is 11.3. The maximum absolute atomic E-state index is 12.8. The van der Waals surface area contributed by atoms with Gasteiger partial charge in [-0.15, -0.1) is 0 Å². The first-order valence-corrected chi connectivity index (χ1v) is 4.66. The Hall–Kier alpha value is -1.20. The Bertz CT molecular complexity index is 371. The third-order valence-electron chi connectivity index (χ3n) is 1.61. The van der Waals surface area contributed by atoms with Crippen molar-refractivity contribution in [1.82, 2.24) is 10.3 Å². The number of hydrogen-bond acceptors (Lipinski definition) is 3. The summed E-state index contributed by atoms with van der Waals surface area (Å²) in [5.41, 5.74) is -0.0442. The Morgan fingerprint density at radius 2 is 2.47 bits per heavy atom. The molecule has 1 amide bonds. The van der Waals surface area contributed by atoms with Crippen molar-refractivity contribution >= 4 is 17.5 Å². The molecule has 0 aromatic carbocycles. The van der Waals surface area contributed by atoms with Gasteiger partial charge >= 0.3 is 0 Å². The number of aliphatic hydroxyl groups is 1.